The van der Waals surface area contributed by atoms with Gasteiger partial charge in [0.1, 0.15) is 5.82 Å². The summed E-state index contributed by atoms with van der Waals surface area (Å²) in [4.78, 5) is 7.82. The molecule has 2 aromatic rings. The average molecular weight is 384 g/mol. The minimum Gasteiger partial charge on any atom is -0.468 e. The molecule has 0 atom stereocenters. The van der Waals surface area contributed by atoms with Crippen LogP contribution in [0.4, 0.5) is 17.6 Å². The molecule has 0 fully saturated rings. The maximum Gasteiger partial charge on any atom is 0.422 e. The fourth-order valence-corrected chi connectivity index (χ4v) is 2.22. The lowest BCUT2D eigenvalue weighted by molar-refractivity contribution is -0.154. The van der Waals surface area contributed by atoms with Gasteiger partial charge < -0.3 is 15.4 Å². The van der Waals surface area contributed by atoms with E-state index in [0.717, 1.165) is 5.56 Å². The first-order valence-corrected chi connectivity index (χ1v) is 8.19. The van der Waals surface area contributed by atoms with Crippen molar-refractivity contribution in [1.29, 1.82) is 0 Å². The van der Waals surface area contributed by atoms with Crippen LogP contribution in [0.1, 0.15) is 11.1 Å². The molecule has 0 unspecified atom stereocenters. The van der Waals surface area contributed by atoms with Crippen LogP contribution in [-0.4, -0.2) is 37.3 Å². The summed E-state index contributed by atoms with van der Waals surface area (Å²) < 4.78 is 54.4. The summed E-state index contributed by atoms with van der Waals surface area (Å²) in [5, 5.41) is 6.13. The van der Waals surface area contributed by atoms with Crippen LogP contribution in [0.3, 0.4) is 0 Å². The number of rotatable bonds is 7. The largest absolute Gasteiger partial charge is 0.468 e. The van der Waals surface area contributed by atoms with E-state index in [1.54, 1.807) is 19.2 Å². The second-order valence-corrected chi connectivity index (χ2v) is 5.64. The summed E-state index contributed by atoms with van der Waals surface area (Å²) in [5.74, 6) is 0.137. The minimum atomic E-state index is -4.41. The molecule has 1 heterocycles. The fourth-order valence-electron chi connectivity index (χ4n) is 2.22. The highest BCUT2D eigenvalue weighted by Crippen LogP contribution is 2.17. The van der Waals surface area contributed by atoms with Crippen molar-refractivity contribution in [2.45, 2.75) is 19.1 Å². The number of nitrogens with one attached hydrogen (secondary N) is 2. The molecule has 0 radical (unpaired) electrons. The number of aliphatic imine (C=N–C) groups is 1. The number of alkyl halides is 3. The van der Waals surface area contributed by atoms with Crippen molar-refractivity contribution in [3.05, 3.63) is 59.5 Å². The van der Waals surface area contributed by atoms with Crippen molar-refractivity contribution in [3.63, 3.8) is 0 Å². The van der Waals surface area contributed by atoms with Gasteiger partial charge in [0.05, 0.1) is 0 Å². The Labute approximate surface area is 154 Å². The maximum atomic E-state index is 13.1. The molecule has 0 amide bonds. The van der Waals surface area contributed by atoms with Crippen LogP contribution in [0.2, 0.25) is 0 Å². The van der Waals surface area contributed by atoms with Gasteiger partial charge in [-0.2, -0.15) is 13.2 Å². The third-order valence-electron chi connectivity index (χ3n) is 3.46. The zero-order chi connectivity index (χ0) is 19.7. The third-order valence-corrected chi connectivity index (χ3v) is 3.46. The maximum absolute atomic E-state index is 13.1. The highest BCUT2D eigenvalue weighted by Gasteiger charge is 2.28. The summed E-state index contributed by atoms with van der Waals surface area (Å²) in [5.41, 5.74) is 1.55. The molecule has 0 saturated carbocycles. The Morgan fingerprint density at radius 1 is 1.15 bits per heavy atom. The first kappa shape index (κ1) is 20.5. The smallest absolute Gasteiger partial charge is 0.422 e. The molecule has 146 valence electrons. The summed E-state index contributed by atoms with van der Waals surface area (Å²) in [7, 11) is 1.60. The lowest BCUT2D eigenvalue weighted by Crippen LogP contribution is -2.37. The Morgan fingerprint density at radius 3 is 2.67 bits per heavy atom. The number of guanidine groups is 1. The van der Waals surface area contributed by atoms with Crippen molar-refractivity contribution in [1.82, 2.24) is 15.6 Å². The SMILES string of the molecule is CN=C(NCCc1cccc(F)c1)NCc1ccnc(OCC(F)(F)F)c1. The van der Waals surface area contributed by atoms with E-state index in [-0.39, 0.29) is 11.7 Å². The third kappa shape index (κ3) is 7.93. The van der Waals surface area contributed by atoms with Crippen LogP contribution in [0.15, 0.2) is 47.6 Å². The number of ether oxygens (including phenoxy) is 1. The number of halogens is 4. The number of hydrogen-bond donors (Lipinski definition) is 2. The minimum absolute atomic E-state index is 0.0966. The lowest BCUT2D eigenvalue weighted by atomic mass is 10.1. The Balaban J connectivity index is 1.80. The Morgan fingerprint density at radius 2 is 1.96 bits per heavy atom. The van der Waals surface area contributed by atoms with Gasteiger partial charge >= 0.3 is 6.18 Å². The number of nitrogens with zero attached hydrogens (tertiary/aromatic N) is 2. The average Bonchev–Trinajstić information content (AvgIpc) is 2.63. The number of aromatic nitrogens is 1. The van der Waals surface area contributed by atoms with Gasteiger partial charge in [0.2, 0.25) is 5.88 Å². The van der Waals surface area contributed by atoms with Gasteiger partial charge in [-0.25, -0.2) is 9.37 Å². The zero-order valence-corrected chi connectivity index (χ0v) is 14.7. The van der Waals surface area contributed by atoms with Gasteiger partial charge in [0, 0.05) is 32.4 Å². The van der Waals surface area contributed by atoms with Crippen molar-refractivity contribution >= 4 is 5.96 Å². The second-order valence-electron chi connectivity index (χ2n) is 5.64. The second kappa shape index (κ2) is 9.75. The van der Waals surface area contributed by atoms with E-state index in [9.17, 15) is 17.6 Å². The van der Waals surface area contributed by atoms with Crippen molar-refractivity contribution in [2.75, 3.05) is 20.2 Å². The summed E-state index contributed by atoms with van der Waals surface area (Å²) >= 11 is 0. The van der Waals surface area contributed by atoms with Crippen LogP contribution in [0, 0.1) is 5.82 Å². The van der Waals surface area contributed by atoms with E-state index in [1.165, 1.54) is 24.4 Å². The molecule has 0 aliphatic carbocycles. The van der Waals surface area contributed by atoms with Crippen LogP contribution in [-0.2, 0) is 13.0 Å². The van der Waals surface area contributed by atoms with Crippen LogP contribution >= 0.6 is 0 Å². The van der Waals surface area contributed by atoms with Gasteiger partial charge in [-0.05, 0) is 35.7 Å². The summed E-state index contributed by atoms with van der Waals surface area (Å²) in [6.45, 7) is -0.524. The molecular weight excluding hydrogens is 364 g/mol. The standard InChI is InChI=1S/C18H20F4N4O/c1-23-17(25-8-5-13-3-2-4-15(19)9-13)26-11-14-6-7-24-16(10-14)27-12-18(20,21)22/h2-4,6-7,9-10H,5,8,11-12H2,1H3,(H2,23,25,26). The number of benzene rings is 1. The Bertz CT molecular complexity index is 765. The number of pyridine rings is 1. The van der Waals surface area contributed by atoms with E-state index < -0.39 is 12.8 Å². The van der Waals surface area contributed by atoms with E-state index in [4.69, 9.17) is 0 Å². The molecule has 2 rings (SSSR count). The molecule has 9 heteroatoms. The van der Waals surface area contributed by atoms with E-state index in [0.29, 0.717) is 31.0 Å². The zero-order valence-electron chi connectivity index (χ0n) is 14.7. The molecule has 0 aliphatic heterocycles. The van der Waals surface area contributed by atoms with E-state index >= 15 is 0 Å². The predicted molar refractivity (Wildman–Crippen MR) is 94.1 cm³/mol. The molecule has 1 aromatic carbocycles. The van der Waals surface area contributed by atoms with Gasteiger partial charge in [-0.1, -0.05) is 12.1 Å². The van der Waals surface area contributed by atoms with Crippen molar-refractivity contribution in [3.8, 4) is 5.88 Å². The van der Waals surface area contributed by atoms with Crippen LogP contribution in [0.25, 0.3) is 0 Å². The monoisotopic (exact) mass is 384 g/mol. The van der Waals surface area contributed by atoms with Crippen LogP contribution < -0.4 is 15.4 Å². The first-order chi connectivity index (χ1) is 12.9. The molecule has 0 spiro atoms. The first-order valence-electron chi connectivity index (χ1n) is 8.19. The Kier molecular flexibility index (Phi) is 7.39. The Hall–Kier alpha value is -2.84. The normalized spacial score (nSPS) is 12.0. The molecule has 0 aliphatic rings. The lowest BCUT2D eigenvalue weighted by Gasteiger charge is -2.13. The molecule has 1 aromatic heterocycles. The molecule has 0 saturated heterocycles. The summed E-state index contributed by atoms with van der Waals surface area (Å²) in [6, 6.07) is 9.43. The van der Waals surface area contributed by atoms with E-state index in [1.807, 2.05) is 6.07 Å². The predicted octanol–water partition coefficient (Wildman–Crippen LogP) is 3.07. The van der Waals surface area contributed by atoms with Crippen molar-refractivity contribution < 1.29 is 22.3 Å². The highest BCUT2D eigenvalue weighted by molar-refractivity contribution is 5.79. The molecule has 0 bridgehead atoms. The van der Waals surface area contributed by atoms with Gasteiger partial charge in [-0.15, -0.1) is 0 Å². The molecular formula is C18H20F4N4O. The van der Waals surface area contributed by atoms with Crippen molar-refractivity contribution in [2.24, 2.45) is 4.99 Å². The summed E-state index contributed by atoms with van der Waals surface area (Å²) in [6.07, 6.45) is -2.42. The van der Waals surface area contributed by atoms with Crippen LogP contribution in [0.5, 0.6) is 5.88 Å². The number of hydrogen-bond acceptors (Lipinski definition) is 3. The fraction of sp³-hybridized carbons (Fsp3) is 0.333. The topological polar surface area (TPSA) is 58.5 Å². The van der Waals surface area contributed by atoms with Gasteiger partial charge in [-0.3, -0.25) is 4.99 Å². The highest BCUT2D eigenvalue weighted by atomic mass is 19.4. The van der Waals surface area contributed by atoms with E-state index in [2.05, 4.69) is 25.3 Å². The van der Waals surface area contributed by atoms with Gasteiger partial charge in [0.15, 0.2) is 12.6 Å². The van der Waals surface area contributed by atoms with Gasteiger partial charge in [0.25, 0.3) is 0 Å². The molecule has 27 heavy (non-hydrogen) atoms. The molecule has 5 nitrogen and oxygen atoms in total. The quantitative estimate of drug-likeness (QED) is 0.438. The molecule has 2 N–H and O–H groups in total.